The Morgan fingerprint density at radius 2 is 1.94 bits per heavy atom. The Balaban J connectivity index is 1.99. The van der Waals surface area contributed by atoms with E-state index in [2.05, 4.69) is 0 Å². The Morgan fingerprint density at radius 3 is 2.50 bits per heavy atom. The molecule has 18 heavy (non-hydrogen) atoms. The van der Waals surface area contributed by atoms with Gasteiger partial charge in [0.2, 0.25) is 5.79 Å². The Hall–Kier alpha value is -1.39. The Kier molecular flexibility index (Phi) is 3.41. The number of rotatable bonds is 4. The van der Waals surface area contributed by atoms with Crippen molar-refractivity contribution in [3.8, 4) is 0 Å². The first-order valence-electron chi connectivity index (χ1n) is 6.06. The van der Waals surface area contributed by atoms with Crippen molar-refractivity contribution in [3.05, 3.63) is 35.9 Å². The number of carbonyl (C=O) groups excluding carboxylic acids is 1. The third kappa shape index (κ3) is 2.89. The molecule has 0 bridgehead atoms. The quantitative estimate of drug-likeness (QED) is 0.468. The molecule has 1 aliphatic rings. The van der Waals surface area contributed by atoms with Crippen LogP contribution in [0.25, 0.3) is 0 Å². The van der Waals surface area contributed by atoms with Gasteiger partial charge in [-0.3, -0.25) is 4.79 Å². The first-order chi connectivity index (χ1) is 8.41. The van der Waals surface area contributed by atoms with Gasteiger partial charge >= 0.3 is 5.97 Å². The van der Waals surface area contributed by atoms with E-state index in [-0.39, 0.29) is 5.97 Å². The number of benzene rings is 1. The fourth-order valence-corrected chi connectivity index (χ4v) is 1.81. The normalized spacial score (nSPS) is 24.1. The van der Waals surface area contributed by atoms with Gasteiger partial charge in [-0.15, -0.1) is 0 Å². The van der Waals surface area contributed by atoms with E-state index < -0.39 is 11.4 Å². The lowest BCUT2D eigenvalue weighted by Gasteiger charge is -2.29. The summed E-state index contributed by atoms with van der Waals surface area (Å²) in [4.78, 5) is 21.9. The summed E-state index contributed by atoms with van der Waals surface area (Å²) in [6.45, 7) is 5.52. The van der Waals surface area contributed by atoms with E-state index >= 15 is 0 Å². The molecular formula is C14H18O4. The van der Waals surface area contributed by atoms with E-state index in [1.165, 1.54) is 0 Å². The smallest absolute Gasteiger partial charge is 0.308 e. The molecule has 0 N–H and O–H groups in total. The molecule has 0 radical (unpaired) electrons. The molecule has 4 nitrogen and oxygen atoms in total. The van der Waals surface area contributed by atoms with Crippen molar-refractivity contribution < 1.29 is 19.3 Å². The lowest BCUT2D eigenvalue weighted by Crippen LogP contribution is -2.33. The molecule has 0 amide bonds. The molecule has 1 saturated heterocycles. The number of ether oxygens (including phenoxy) is 1. The average molecular weight is 250 g/mol. The van der Waals surface area contributed by atoms with Gasteiger partial charge in [0.25, 0.3) is 0 Å². The maximum Gasteiger partial charge on any atom is 0.308 e. The van der Waals surface area contributed by atoms with Crippen LogP contribution in [0.4, 0.5) is 0 Å². The van der Waals surface area contributed by atoms with E-state index in [1.54, 1.807) is 6.92 Å². The van der Waals surface area contributed by atoms with Gasteiger partial charge in [-0.1, -0.05) is 30.3 Å². The predicted molar refractivity (Wildman–Crippen MR) is 65.4 cm³/mol. The van der Waals surface area contributed by atoms with E-state index in [1.807, 2.05) is 44.2 Å². The van der Waals surface area contributed by atoms with E-state index in [9.17, 15) is 4.79 Å². The van der Waals surface area contributed by atoms with E-state index in [0.29, 0.717) is 12.8 Å². The summed E-state index contributed by atoms with van der Waals surface area (Å²) in [5.41, 5.74) is 0.400. The van der Waals surface area contributed by atoms with Gasteiger partial charge in [-0.25, -0.2) is 4.89 Å². The summed E-state index contributed by atoms with van der Waals surface area (Å²) in [7, 11) is 0. The van der Waals surface area contributed by atoms with Gasteiger partial charge in [0.1, 0.15) is 5.60 Å². The minimum Gasteiger partial charge on any atom is -0.431 e. The standard InChI is InChI=1S/C14H18O4/c1-13(2,11-7-5-4-6-8-11)17-18-14(3)10-9-12(15)16-14/h4-8H,9-10H2,1-3H3. The summed E-state index contributed by atoms with van der Waals surface area (Å²) >= 11 is 0. The Labute approximate surface area is 107 Å². The summed E-state index contributed by atoms with van der Waals surface area (Å²) in [6.07, 6.45) is 0.877. The molecule has 0 spiro atoms. The largest absolute Gasteiger partial charge is 0.431 e. The SMILES string of the molecule is CC1(OOC(C)(C)c2ccccc2)CCC(=O)O1. The second kappa shape index (κ2) is 4.71. The third-order valence-corrected chi connectivity index (χ3v) is 3.01. The van der Waals surface area contributed by atoms with Gasteiger partial charge in [0, 0.05) is 13.3 Å². The van der Waals surface area contributed by atoms with Crippen molar-refractivity contribution in [3.63, 3.8) is 0 Å². The minimum atomic E-state index is -0.969. The van der Waals surface area contributed by atoms with Crippen molar-refractivity contribution in [2.45, 2.75) is 45.0 Å². The fraction of sp³-hybridized carbons (Fsp3) is 0.500. The second-order valence-corrected chi connectivity index (χ2v) is 5.15. The molecule has 1 atom stereocenters. The zero-order chi connectivity index (χ0) is 13.2. The topological polar surface area (TPSA) is 44.8 Å². The van der Waals surface area contributed by atoms with Crippen LogP contribution in [-0.4, -0.2) is 11.8 Å². The molecule has 1 aliphatic heterocycles. The van der Waals surface area contributed by atoms with Crippen LogP contribution in [-0.2, 0) is 24.9 Å². The average Bonchev–Trinajstić information content (AvgIpc) is 2.69. The van der Waals surface area contributed by atoms with Gasteiger partial charge in [-0.2, -0.15) is 4.89 Å². The lowest BCUT2D eigenvalue weighted by atomic mass is 9.99. The number of esters is 1. The Morgan fingerprint density at radius 1 is 1.28 bits per heavy atom. The minimum absolute atomic E-state index is 0.251. The molecule has 1 aromatic carbocycles. The van der Waals surface area contributed by atoms with Crippen molar-refractivity contribution in [2.75, 3.05) is 0 Å². The molecule has 1 aromatic rings. The number of hydrogen-bond donors (Lipinski definition) is 0. The second-order valence-electron chi connectivity index (χ2n) is 5.15. The van der Waals surface area contributed by atoms with Crippen LogP contribution in [0.15, 0.2) is 30.3 Å². The fourth-order valence-electron chi connectivity index (χ4n) is 1.81. The lowest BCUT2D eigenvalue weighted by molar-refractivity contribution is -0.447. The molecule has 1 unspecified atom stereocenters. The van der Waals surface area contributed by atoms with Crippen LogP contribution >= 0.6 is 0 Å². The number of cyclic esters (lactones) is 1. The van der Waals surface area contributed by atoms with Crippen molar-refractivity contribution >= 4 is 5.97 Å². The first-order valence-corrected chi connectivity index (χ1v) is 6.06. The molecule has 4 heteroatoms. The molecule has 2 rings (SSSR count). The summed E-state index contributed by atoms with van der Waals surface area (Å²) < 4.78 is 5.09. The van der Waals surface area contributed by atoms with Gasteiger partial charge in [-0.05, 0) is 19.4 Å². The zero-order valence-corrected chi connectivity index (χ0v) is 10.9. The molecule has 0 aromatic heterocycles. The Bertz CT molecular complexity index is 427. The highest BCUT2D eigenvalue weighted by Crippen LogP contribution is 2.32. The van der Waals surface area contributed by atoms with Crippen LogP contribution < -0.4 is 0 Å². The summed E-state index contributed by atoms with van der Waals surface area (Å²) in [5, 5.41) is 0. The van der Waals surface area contributed by atoms with Crippen LogP contribution in [0.1, 0.15) is 39.2 Å². The number of carbonyl (C=O) groups is 1. The van der Waals surface area contributed by atoms with E-state index in [0.717, 1.165) is 5.56 Å². The van der Waals surface area contributed by atoms with E-state index in [4.69, 9.17) is 14.5 Å². The summed E-state index contributed by atoms with van der Waals surface area (Å²) in [6, 6.07) is 9.76. The van der Waals surface area contributed by atoms with Crippen LogP contribution in [0.5, 0.6) is 0 Å². The molecular weight excluding hydrogens is 232 g/mol. The van der Waals surface area contributed by atoms with Gasteiger partial charge in [0.15, 0.2) is 0 Å². The first kappa shape index (κ1) is 13.1. The highest BCUT2D eigenvalue weighted by molar-refractivity contribution is 5.71. The molecule has 98 valence electrons. The van der Waals surface area contributed by atoms with Crippen molar-refractivity contribution in [1.29, 1.82) is 0 Å². The van der Waals surface area contributed by atoms with Crippen molar-refractivity contribution in [1.82, 2.24) is 0 Å². The van der Waals surface area contributed by atoms with Gasteiger partial charge in [0.05, 0.1) is 6.42 Å². The predicted octanol–water partition coefficient (Wildman–Crippen LogP) is 2.92. The van der Waals surface area contributed by atoms with Crippen molar-refractivity contribution in [2.24, 2.45) is 0 Å². The molecule has 1 heterocycles. The monoisotopic (exact) mass is 250 g/mol. The van der Waals surface area contributed by atoms with Crippen LogP contribution in [0.3, 0.4) is 0 Å². The van der Waals surface area contributed by atoms with Crippen LogP contribution in [0, 0.1) is 0 Å². The highest BCUT2D eigenvalue weighted by atomic mass is 17.2. The zero-order valence-electron chi connectivity index (χ0n) is 10.9. The number of hydrogen-bond acceptors (Lipinski definition) is 4. The molecule has 0 aliphatic carbocycles. The van der Waals surface area contributed by atoms with Crippen LogP contribution in [0.2, 0.25) is 0 Å². The summed E-state index contributed by atoms with van der Waals surface area (Å²) in [5.74, 6) is -1.22. The molecule has 1 fully saturated rings. The highest BCUT2D eigenvalue weighted by Gasteiger charge is 2.40. The maximum atomic E-state index is 11.1. The molecule has 0 saturated carbocycles. The maximum absolute atomic E-state index is 11.1. The van der Waals surface area contributed by atoms with Gasteiger partial charge < -0.3 is 4.74 Å². The third-order valence-electron chi connectivity index (χ3n) is 3.01.